The summed E-state index contributed by atoms with van der Waals surface area (Å²) in [5.74, 6) is -4.68. The minimum absolute atomic E-state index is 0.243. The van der Waals surface area contributed by atoms with E-state index in [1.165, 1.54) is 4.90 Å². The van der Waals surface area contributed by atoms with Crippen LogP contribution in [0.3, 0.4) is 0 Å². The Morgan fingerprint density at radius 1 is 0.510 bits per heavy atom. The van der Waals surface area contributed by atoms with Gasteiger partial charge in [-0.25, -0.2) is 4.90 Å². The van der Waals surface area contributed by atoms with E-state index in [0.717, 1.165) is 55.1 Å². The van der Waals surface area contributed by atoms with E-state index in [4.69, 9.17) is 5.10 Å². The van der Waals surface area contributed by atoms with E-state index in [2.05, 4.69) is 24.3 Å². The maximum Gasteiger partial charge on any atom is 0.254 e. The number of carbonyl (C=O) groups is 4. The first-order chi connectivity index (χ1) is 24.9. The number of rotatable bonds is 3. The summed E-state index contributed by atoms with van der Waals surface area (Å²) >= 11 is 0. The lowest BCUT2D eigenvalue weighted by Crippen LogP contribution is -2.55. The first-order valence-electron chi connectivity index (χ1n) is 17.7. The third kappa shape index (κ3) is 3.37. The second-order valence-corrected chi connectivity index (χ2v) is 14.9. The maximum absolute atomic E-state index is 14.8. The highest BCUT2D eigenvalue weighted by atomic mass is 16.2. The van der Waals surface area contributed by atoms with Crippen molar-refractivity contribution in [3.05, 3.63) is 171 Å². The first kappa shape index (κ1) is 28.8. The van der Waals surface area contributed by atoms with Crippen LogP contribution >= 0.6 is 0 Å². The third-order valence-electron chi connectivity index (χ3n) is 12.8. The van der Waals surface area contributed by atoms with Crippen molar-refractivity contribution in [3.8, 4) is 0 Å². The summed E-state index contributed by atoms with van der Waals surface area (Å²) in [6.45, 7) is 1.97. The Hall–Kier alpha value is -5.95. The summed E-state index contributed by atoms with van der Waals surface area (Å²) in [4.78, 5) is 59.9. The van der Waals surface area contributed by atoms with E-state index in [1.54, 1.807) is 6.21 Å². The fourth-order valence-electron chi connectivity index (χ4n) is 10.9. The van der Waals surface area contributed by atoms with Crippen molar-refractivity contribution in [1.29, 1.82) is 0 Å². The van der Waals surface area contributed by atoms with Crippen molar-refractivity contribution in [3.63, 3.8) is 0 Å². The van der Waals surface area contributed by atoms with Crippen LogP contribution in [0.1, 0.15) is 67.8 Å². The van der Waals surface area contributed by atoms with Crippen molar-refractivity contribution in [2.45, 2.75) is 30.1 Å². The predicted octanol–water partition coefficient (Wildman–Crippen LogP) is 6.42. The summed E-state index contributed by atoms with van der Waals surface area (Å²) in [6, 6.07) is 39.7. The van der Waals surface area contributed by atoms with E-state index < -0.39 is 29.1 Å². The van der Waals surface area contributed by atoms with Crippen LogP contribution in [0.5, 0.6) is 0 Å². The Kier molecular flexibility index (Phi) is 5.57. The minimum Gasteiger partial charge on any atom is -0.274 e. The standard InChI is InChI=1S/C44H31N3O4/c1-23-18-20-24(21-19-23)46-40(48)38-35-29-14-6-8-16-31(29)44(39(38)43(46)51,32-17-9-7-15-30(32)35)22-45-47-41(49)36-33-25-10-2-3-11-26(25)34(37(36)42(47)50)28-13-5-4-12-27(28)33/h2-22,33-39H,1H3/b45-22-/t33?,34?,35?,36-,37-,38-,39+,44?/m1/s1. The Balaban J connectivity index is 1.09. The van der Waals surface area contributed by atoms with Crippen LogP contribution in [-0.4, -0.2) is 34.9 Å². The maximum atomic E-state index is 14.8. The molecule has 2 saturated heterocycles. The number of amides is 4. The number of anilines is 1. The monoisotopic (exact) mass is 665 g/mol. The SMILES string of the molecule is Cc1ccc(N2C(=O)[C@@H]3C4c5ccccc5C(/C=N\N5C(=O)[C@@H]6C7c8ccccc8C(c8ccccc87)[C@H]6C5=O)(c5ccccc54)[C@@H]3C2=O)cc1. The van der Waals surface area contributed by atoms with Crippen molar-refractivity contribution in [2.75, 3.05) is 4.90 Å². The molecule has 2 aliphatic heterocycles. The predicted molar refractivity (Wildman–Crippen MR) is 190 cm³/mol. The van der Waals surface area contributed by atoms with Gasteiger partial charge in [0.2, 0.25) is 11.8 Å². The molecular formula is C44H31N3O4. The molecule has 0 aromatic heterocycles. The van der Waals surface area contributed by atoms with Gasteiger partial charge in [0.25, 0.3) is 11.8 Å². The van der Waals surface area contributed by atoms with Crippen LogP contribution in [0.2, 0.25) is 0 Å². The van der Waals surface area contributed by atoms with Gasteiger partial charge in [0.1, 0.15) is 0 Å². The number of hydrogen-bond acceptors (Lipinski definition) is 5. The van der Waals surface area contributed by atoms with E-state index in [0.29, 0.717) is 5.69 Å². The molecule has 5 aromatic rings. The molecule has 2 fully saturated rings. The molecule has 0 N–H and O–H groups in total. The van der Waals surface area contributed by atoms with Gasteiger partial charge in [-0.3, -0.25) is 19.2 Å². The second kappa shape index (κ2) is 9.85. The molecule has 0 saturated carbocycles. The molecule has 4 atom stereocenters. The Morgan fingerprint density at radius 2 is 0.941 bits per heavy atom. The molecule has 0 unspecified atom stereocenters. The third-order valence-corrected chi connectivity index (χ3v) is 12.8. The van der Waals surface area contributed by atoms with Crippen LogP contribution in [0.4, 0.5) is 5.69 Å². The normalized spacial score (nSPS) is 30.3. The molecule has 0 radical (unpaired) electrons. The highest BCUT2D eigenvalue weighted by Gasteiger charge is 2.68. The van der Waals surface area contributed by atoms with Gasteiger partial charge in [0.15, 0.2) is 0 Å². The van der Waals surface area contributed by atoms with Gasteiger partial charge in [-0.15, -0.1) is 0 Å². The van der Waals surface area contributed by atoms with Crippen LogP contribution in [0, 0.1) is 30.6 Å². The van der Waals surface area contributed by atoms with Gasteiger partial charge < -0.3 is 0 Å². The van der Waals surface area contributed by atoms with Crippen molar-refractivity contribution in [1.82, 2.24) is 5.01 Å². The van der Waals surface area contributed by atoms with Crippen molar-refractivity contribution < 1.29 is 19.2 Å². The summed E-state index contributed by atoms with van der Waals surface area (Å²) in [6.07, 6.45) is 1.66. The molecule has 51 heavy (non-hydrogen) atoms. The smallest absolute Gasteiger partial charge is 0.254 e. The first-order valence-corrected chi connectivity index (χ1v) is 17.7. The van der Waals surface area contributed by atoms with Gasteiger partial charge in [0, 0.05) is 24.0 Å². The van der Waals surface area contributed by atoms with Crippen molar-refractivity contribution >= 4 is 35.5 Å². The number of hydrogen-bond donors (Lipinski definition) is 0. The lowest BCUT2D eigenvalue weighted by Gasteiger charge is -2.52. The average molecular weight is 666 g/mol. The summed E-state index contributed by atoms with van der Waals surface area (Å²) in [5, 5.41) is 5.96. The van der Waals surface area contributed by atoms with Gasteiger partial charge in [-0.1, -0.05) is 115 Å². The summed E-state index contributed by atoms with van der Waals surface area (Å²) in [7, 11) is 0. The minimum atomic E-state index is -1.20. The Morgan fingerprint density at radius 3 is 1.43 bits per heavy atom. The fraction of sp³-hybridized carbons (Fsp3) is 0.205. The van der Waals surface area contributed by atoms with E-state index >= 15 is 0 Å². The zero-order valence-electron chi connectivity index (χ0n) is 27.6. The molecule has 4 bridgehead atoms. The van der Waals surface area contributed by atoms with Crippen molar-refractivity contribution in [2.24, 2.45) is 28.8 Å². The number of carbonyl (C=O) groups excluding carboxylic acids is 4. The largest absolute Gasteiger partial charge is 0.274 e. The average Bonchev–Trinajstić information content (AvgIpc) is 3.59. The highest BCUT2D eigenvalue weighted by molar-refractivity contribution is 6.25. The van der Waals surface area contributed by atoms with Gasteiger partial charge in [-0.05, 0) is 63.6 Å². The quantitative estimate of drug-likeness (QED) is 0.164. The molecule has 2 heterocycles. The molecule has 8 aliphatic rings. The number of hydrazone groups is 1. The van der Waals surface area contributed by atoms with Gasteiger partial charge >= 0.3 is 0 Å². The lowest BCUT2D eigenvalue weighted by molar-refractivity contribution is -0.140. The summed E-state index contributed by atoms with van der Waals surface area (Å²) in [5.41, 5.74) is 8.42. The second-order valence-electron chi connectivity index (χ2n) is 14.9. The molecule has 246 valence electrons. The Bertz CT molecular complexity index is 2290. The van der Waals surface area contributed by atoms with E-state index in [9.17, 15) is 19.2 Å². The molecule has 13 rings (SSSR count). The van der Waals surface area contributed by atoms with E-state index in [-0.39, 0.29) is 41.4 Å². The lowest BCUT2D eigenvalue weighted by atomic mass is 9.47. The molecule has 5 aromatic carbocycles. The van der Waals surface area contributed by atoms with Crippen LogP contribution in [0.15, 0.2) is 126 Å². The molecule has 7 heteroatoms. The van der Waals surface area contributed by atoms with Gasteiger partial charge in [-0.2, -0.15) is 10.1 Å². The summed E-state index contributed by atoms with van der Waals surface area (Å²) < 4.78 is 0. The van der Waals surface area contributed by atoms with Crippen LogP contribution in [0.25, 0.3) is 0 Å². The number of aryl methyl sites for hydroxylation is 1. The number of imide groups is 2. The Labute approximate surface area is 294 Å². The zero-order valence-corrected chi connectivity index (χ0v) is 27.6. The number of nitrogens with zero attached hydrogens (tertiary/aromatic N) is 3. The fourth-order valence-corrected chi connectivity index (χ4v) is 10.9. The topological polar surface area (TPSA) is 87.1 Å². The van der Waals surface area contributed by atoms with Crippen LogP contribution < -0.4 is 4.90 Å². The van der Waals surface area contributed by atoms with Crippen LogP contribution in [-0.2, 0) is 24.6 Å². The molecular weight excluding hydrogens is 635 g/mol. The van der Waals surface area contributed by atoms with Gasteiger partial charge in [0.05, 0.1) is 34.8 Å². The van der Waals surface area contributed by atoms with E-state index in [1.807, 2.05) is 104 Å². The highest BCUT2D eigenvalue weighted by Crippen LogP contribution is 2.64. The molecule has 7 nitrogen and oxygen atoms in total. The number of benzene rings is 5. The molecule has 4 amide bonds. The molecule has 6 aliphatic carbocycles. The molecule has 0 spiro atoms. The zero-order chi connectivity index (χ0) is 34.3.